The molecule has 0 amide bonds. The molecular formula is C14H28N2O. The fourth-order valence-corrected chi connectivity index (χ4v) is 2.28. The summed E-state index contributed by atoms with van der Waals surface area (Å²) in [5.74, 6) is 0. The summed E-state index contributed by atoms with van der Waals surface area (Å²) >= 11 is 0. The summed E-state index contributed by atoms with van der Waals surface area (Å²) in [7, 11) is 1.77. The first-order chi connectivity index (χ1) is 8.17. The van der Waals surface area contributed by atoms with Crippen LogP contribution in [0.4, 0.5) is 0 Å². The molecule has 1 rings (SSSR count). The maximum atomic E-state index is 5.18. The fraction of sp³-hybridized carbons (Fsp3) is 0.857. The topological polar surface area (TPSA) is 24.5 Å². The lowest BCUT2D eigenvalue weighted by Crippen LogP contribution is -2.45. The van der Waals surface area contributed by atoms with Crippen molar-refractivity contribution >= 4 is 0 Å². The minimum atomic E-state index is 0.577. The third kappa shape index (κ3) is 5.19. The van der Waals surface area contributed by atoms with Gasteiger partial charge in [-0.25, -0.2) is 0 Å². The highest BCUT2D eigenvalue weighted by molar-refractivity contribution is 5.08. The Labute approximate surface area is 106 Å². The van der Waals surface area contributed by atoms with Gasteiger partial charge in [0, 0.05) is 38.8 Å². The first-order valence-electron chi connectivity index (χ1n) is 6.81. The lowest BCUT2D eigenvalue weighted by atomic mass is 10.1. The van der Waals surface area contributed by atoms with Crippen LogP contribution >= 0.6 is 0 Å². The van der Waals surface area contributed by atoms with E-state index in [4.69, 9.17) is 4.74 Å². The van der Waals surface area contributed by atoms with Gasteiger partial charge in [0.25, 0.3) is 0 Å². The first-order valence-corrected chi connectivity index (χ1v) is 6.81. The van der Waals surface area contributed by atoms with Crippen LogP contribution in [-0.2, 0) is 4.74 Å². The lowest BCUT2D eigenvalue weighted by Gasteiger charge is -2.34. The van der Waals surface area contributed by atoms with Crippen LogP contribution in [0.25, 0.3) is 0 Å². The summed E-state index contributed by atoms with van der Waals surface area (Å²) in [6.07, 6.45) is 4.71. The molecule has 3 heteroatoms. The summed E-state index contributed by atoms with van der Waals surface area (Å²) in [6.45, 7) is 10.8. The highest BCUT2D eigenvalue weighted by Crippen LogP contribution is 2.14. The van der Waals surface area contributed by atoms with Crippen molar-refractivity contribution in [3.8, 4) is 0 Å². The van der Waals surface area contributed by atoms with E-state index in [0.29, 0.717) is 12.1 Å². The van der Waals surface area contributed by atoms with Gasteiger partial charge >= 0.3 is 0 Å². The Morgan fingerprint density at radius 3 is 2.71 bits per heavy atom. The quantitative estimate of drug-likeness (QED) is 0.689. The van der Waals surface area contributed by atoms with Crippen molar-refractivity contribution in [3.63, 3.8) is 0 Å². The molecule has 100 valence electrons. The van der Waals surface area contributed by atoms with Crippen LogP contribution in [-0.4, -0.2) is 50.3 Å². The number of nitrogens with zero attached hydrogens (tertiary/aromatic N) is 1. The molecule has 17 heavy (non-hydrogen) atoms. The Morgan fingerprint density at radius 2 is 2.24 bits per heavy atom. The number of ether oxygens (including phenoxy) is 1. The van der Waals surface area contributed by atoms with Gasteiger partial charge in [0.1, 0.15) is 0 Å². The minimum absolute atomic E-state index is 0.577. The summed E-state index contributed by atoms with van der Waals surface area (Å²) < 4.78 is 5.18. The monoisotopic (exact) mass is 240 g/mol. The molecule has 1 N–H and O–H groups in total. The van der Waals surface area contributed by atoms with Crippen LogP contribution in [0.3, 0.4) is 0 Å². The van der Waals surface area contributed by atoms with Crippen LogP contribution in [0.15, 0.2) is 11.6 Å². The van der Waals surface area contributed by atoms with E-state index in [1.54, 1.807) is 7.11 Å². The van der Waals surface area contributed by atoms with E-state index < -0.39 is 0 Å². The summed E-state index contributed by atoms with van der Waals surface area (Å²) in [5.41, 5.74) is 1.45. The van der Waals surface area contributed by atoms with Gasteiger partial charge in [-0.1, -0.05) is 26.8 Å². The molecule has 1 aliphatic heterocycles. The smallest absolute Gasteiger partial charge is 0.0673 e. The third-order valence-electron chi connectivity index (χ3n) is 3.41. The van der Waals surface area contributed by atoms with Gasteiger partial charge in [-0.2, -0.15) is 0 Å². The predicted molar refractivity (Wildman–Crippen MR) is 73.4 cm³/mol. The zero-order valence-corrected chi connectivity index (χ0v) is 11.8. The Bertz CT molecular complexity index is 238. The van der Waals surface area contributed by atoms with Crippen molar-refractivity contribution in [1.82, 2.24) is 10.2 Å². The molecule has 0 aromatic heterocycles. The summed E-state index contributed by atoms with van der Waals surface area (Å²) in [6, 6.07) is 1.24. The number of hydrogen-bond acceptors (Lipinski definition) is 3. The third-order valence-corrected chi connectivity index (χ3v) is 3.41. The largest absolute Gasteiger partial charge is 0.380 e. The van der Waals surface area contributed by atoms with E-state index in [1.807, 2.05) is 0 Å². The van der Waals surface area contributed by atoms with Gasteiger partial charge < -0.3 is 10.1 Å². The molecule has 1 unspecified atom stereocenters. The Kier molecular flexibility index (Phi) is 6.78. The van der Waals surface area contributed by atoms with E-state index in [1.165, 1.54) is 18.5 Å². The number of hydrogen-bond donors (Lipinski definition) is 1. The summed E-state index contributed by atoms with van der Waals surface area (Å²) in [4.78, 5) is 2.58. The second-order valence-corrected chi connectivity index (χ2v) is 5.17. The molecule has 1 atom stereocenters. The van der Waals surface area contributed by atoms with Crippen molar-refractivity contribution in [1.29, 1.82) is 0 Å². The number of rotatable bonds is 7. The maximum absolute atomic E-state index is 5.18. The zero-order valence-electron chi connectivity index (χ0n) is 11.8. The molecule has 0 saturated carbocycles. The van der Waals surface area contributed by atoms with Crippen molar-refractivity contribution in [3.05, 3.63) is 11.6 Å². The molecule has 0 spiro atoms. The van der Waals surface area contributed by atoms with Gasteiger partial charge in [-0.05, 0) is 18.4 Å². The SMILES string of the molecule is CCC(CNC(C)C)N1CC=C(COC)CC1. The molecule has 0 saturated heterocycles. The number of methoxy groups -OCH3 is 1. The Morgan fingerprint density at radius 1 is 1.47 bits per heavy atom. The Balaban J connectivity index is 2.39. The van der Waals surface area contributed by atoms with E-state index in [9.17, 15) is 0 Å². The van der Waals surface area contributed by atoms with Crippen LogP contribution in [0.5, 0.6) is 0 Å². The molecule has 0 radical (unpaired) electrons. The minimum Gasteiger partial charge on any atom is -0.380 e. The van der Waals surface area contributed by atoms with Gasteiger partial charge in [0.05, 0.1) is 6.61 Å². The Hall–Kier alpha value is -0.380. The van der Waals surface area contributed by atoms with Gasteiger partial charge in [0.15, 0.2) is 0 Å². The lowest BCUT2D eigenvalue weighted by molar-refractivity contribution is 0.180. The van der Waals surface area contributed by atoms with Gasteiger partial charge in [0.2, 0.25) is 0 Å². The first kappa shape index (κ1) is 14.7. The highest BCUT2D eigenvalue weighted by Gasteiger charge is 2.19. The highest BCUT2D eigenvalue weighted by atomic mass is 16.5. The van der Waals surface area contributed by atoms with Gasteiger partial charge in [-0.3, -0.25) is 4.90 Å². The van der Waals surface area contributed by atoms with Crippen LogP contribution < -0.4 is 5.32 Å². The van der Waals surface area contributed by atoms with Crippen LogP contribution in [0.1, 0.15) is 33.6 Å². The molecule has 1 aliphatic rings. The average Bonchev–Trinajstić information content (AvgIpc) is 2.32. The van der Waals surface area contributed by atoms with Crippen molar-refractivity contribution < 1.29 is 4.74 Å². The standard InChI is InChI=1S/C14H28N2O/c1-5-14(10-15-12(2)3)16-8-6-13(7-9-16)11-17-4/h6,12,14-15H,5,7-11H2,1-4H3. The normalized spacial score (nSPS) is 19.5. The van der Waals surface area contributed by atoms with Crippen molar-refractivity contribution in [2.75, 3.05) is 33.4 Å². The predicted octanol–water partition coefficient (Wildman–Crippen LogP) is 2.04. The van der Waals surface area contributed by atoms with E-state index in [-0.39, 0.29) is 0 Å². The molecular weight excluding hydrogens is 212 g/mol. The maximum Gasteiger partial charge on any atom is 0.0673 e. The van der Waals surface area contributed by atoms with Crippen LogP contribution in [0.2, 0.25) is 0 Å². The van der Waals surface area contributed by atoms with Crippen molar-refractivity contribution in [2.24, 2.45) is 0 Å². The van der Waals surface area contributed by atoms with E-state index in [0.717, 1.165) is 26.1 Å². The molecule has 1 heterocycles. The average molecular weight is 240 g/mol. The van der Waals surface area contributed by atoms with E-state index >= 15 is 0 Å². The zero-order chi connectivity index (χ0) is 12.7. The van der Waals surface area contributed by atoms with Crippen LogP contribution in [0, 0.1) is 0 Å². The summed E-state index contributed by atoms with van der Waals surface area (Å²) in [5, 5.41) is 3.54. The molecule has 0 aromatic carbocycles. The van der Waals surface area contributed by atoms with Gasteiger partial charge in [-0.15, -0.1) is 0 Å². The molecule has 0 bridgehead atoms. The molecule has 0 aromatic rings. The van der Waals surface area contributed by atoms with Crippen molar-refractivity contribution in [2.45, 2.75) is 45.7 Å². The molecule has 0 fully saturated rings. The fourth-order valence-electron chi connectivity index (χ4n) is 2.28. The number of nitrogens with one attached hydrogen (secondary N) is 1. The van der Waals surface area contributed by atoms with E-state index in [2.05, 4.69) is 37.1 Å². The molecule has 0 aliphatic carbocycles. The second kappa shape index (κ2) is 7.85. The molecule has 3 nitrogen and oxygen atoms in total. The second-order valence-electron chi connectivity index (χ2n) is 5.17.